The smallest absolute Gasteiger partial charge is 0.0622 e. The second kappa shape index (κ2) is 4.35. The molecule has 1 aliphatic rings. The maximum Gasteiger partial charge on any atom is 0.0622 e. The molecular weight excluding hydrogens is 184 g/mol. The molecule has 0 amide bonds. The maximum absolute atomic E-state index is 8.53. The molecule has 2 nitrogen and oxygen atoms in total. The monoisotopic (exact) mass is 200 g/mol. The SMILES string of the molecule is CC1Cc2ccccc2N1CCCC#N. The van der Waals surface area contributed by atoms with Crippen molar-refractivity contribution in [1.29, 1.82) is 5.26 Å². The highest BCUT2D eigenvalue weighted by atomic mass is 15.2. The Hall–Kier alpha value is -1.49. The van der Waals surface area contributed by atoms with Gasteiger partial charge in [-0.2, -0.15) is 5.26 Å². The zero-order valence-electron chi connectivity index (χ0n) is 9.11. The highest BCUT2D eigenvalue weighted by Crippen LogP contribution is 2.31. The minimum Gasteiger partial charge on any atom is -0.368 e. The van der Waals surface area contributed by atoms with E-state index in [9.17, 15) is 0 Å². The Morgan fingerprint density at radius 3 is 3.07 bits per heavy atom. The van der Waals surface area contributed by atoms with Crippen LogP contribution in [0.1, 0.15) is 25.3 Å². The van der Waals surface area contributed by atoms with Crippen LogP contribution in [-0.2, 0) is 6.42 Å². The average molecular weight is 200 g/mol. The molecule has 0 aliphatic carbocycles. The molecule has 1 aromatic carbocycles. The first-order valence-corrected chi connectivity index (χ1v) is 5.54. The Labute approximate surface area is 91.1 Å². The molecule has 1 aliphatic heterocycles. The third-order valence-corrected chi connectivity index (χ3v) is 3.04. The molecule has 15 heavy (non-hydrogen) atoms. The van der Waals surface area contributed by atoms with E-state index in [0.717, 1.165) is 19.4 Å². The second-order valence-electron chi connectivity index (χ2n) is 4.14. The van der Waals surface area contributed by atoms with E-state index >= 15 is 0 Å². The first-order chi connectivity index (χ1) is 7.33. The molecule has 0 radical (unpaired) electrons. The molecule has 0 fully saturated rings. The van der Waals surface area contributed by atoms with E-state index in [2.05, 4.69) is 42.2 Å². The molecule has 0 saturated carbocycles. The van der Waals surface area contributed by atoms with Crippen molar-refractivity contribution in [1.82, 2.24) is 0 Å². The van der Waals surface area contributed by atoms with Crippen LogP contribution in [0, 0.1) is 11.3 Å². The van der Waals surface area contributed by atoms with Gasteiger partial charge in [0, 0.05) is 24.7 Å². The lowest BCUT2D eigenvalue weighted by atomic mass is 10.1. The molecule has 1 unspecified atom stereocenters. The van der Waals surface area contributed by atoms with Crippen LogP contribution in [0.5, 0.6) is 0 Å². The fraction of sp³-hybridized carbons (Fsp3) is 0.462. The zero-order valence-corrected chi connectivity index (χ0v) is 9.11. The van der Waals surface area contributed by atoms with Crippen molar-refractivity contribution in [2.45, 2.75) is 32.2 Å². The van der Waals surface area contributed by atoms with Crippen molar-refractivity contribution < 1.29 is 0 Å². The summed E-state index contributed by atoms with van der Waals surface area (Å²) in [5.41, 5.74) is 2.81. The van der Waals surface area contributed by atoms with Gasteiger partial charge in [0.25, 0.3) is 0 Å². The van der Waals surface area contributed by atoms with Crippen molar-refractivity contribution in [2.75, 3.05) is 11.4 Å². The lowest BCUT2D eigenvalue weighted by molar-refractivity contribution is 0.652. The van der Waals surface area contributed by atoms with E-state index in [0.29, 0.717) is 12.5 Å². The maximum atomic E-state index is 8.53. The minimum atomic E-state index is 0.584. The number of hydrogen-bond acceptors (Lipinski definition) is 2. The third-order valence-electron chi connectivity index (χ3n) is 3.04. The molecular formula is C13H16N2. The van der Waals surface area contributed by atoms with Crippen LogP contribution in [0.25, 0.3) is 0 Å². The number of anilines is 1. The molecule has 0 bridgehead atoms. The van der Waals surface area contributed by atoms with Crippen LogP contribution in [0.15, 0.2) is 24.3 Å². The Balaban J connectivity index is 2.09. The first kappa shape index (κ1) is 10.0. The Morgan fingerprint density at radius 1 is 1.47 bits per heavy atom. The molecule has 2 heteroatoms. The molecule has 1 atom stereocenters. The van der Waals surface area contributed by atoms with E-state index in [1.165, 1.54) is 11.3 Å². The summed E-state index contributed by atoms with van der Waals surface area (Å²) < 4.78 is 0. The molecule has 2 rings (SSSR count). The van der Waals surface area contributed by atoms with Crippen LogP contribution in [0.4, 0.5) is 5.69 Å². The lowest BCUT2D eigenvalue weighted by Crippen LogP contribution is -2.30. The number of para-hydroxylation sites is 1. The summed E-state index contributed by atoms with van der Waals surface area (Å²) in [5, 5.41) is 8.53. The normalized spacial score (nSPS) is 18.7. The van der Waals surface area contributed by atoms with E-state index in [1.807, 2.05) is 0 Å². The van der Waals surface area contributed by atoms with Gasteiger partial charge in [-0.15, -0.1) is 0 Å². The van der Waals surface area contributed by atoms with E-state index < -0.39 is 0 Å². The van der Waals surface area contributed by atoms with Gasteiger partial charge in [-0.05, 0) is 31.4 Å². The van der Waals surface area contributed by atoms with Gasteiger partial charge in [0.15, 0.2) is 0 Å². The molecule has 0 N–H and O–H groups in total. The van der Waals surface area contributed by atoms with Gasteiger partial charge < -0.3 is 4.90 Å². The number of unbranched alkanes of at least 4 members (excludes halogenated alkanes) is 1. The van der Waals surface area contributed by atoms with Gasteiger partial charge >= 0.3 is 0 Å². The number of benzene rings is 1. The van der Waals surface area contributed by atoms with Gasteiger partial charge in [0.2, 0.25) is 0 Å². The van der Waals surface area contributed by atoms with Gasteiger partial charge in [-0.1, -0.05) is 18.2 Å². The quantitative estimate of drug-likeness (QED) is 0.701. The number of hydrogen-bond donors (Lipinski definition) is 0. The fourth-order valence-corrected chi connectivity index (χ4v) is 2.30. The summed E-state index contributed by atoms with van der Waals surface area (Å²) >= 11 is 0. The van der Waals surface area contributed by atoms with Crippen LogP contribution in [-0.4, -0.2) is 12.6 Å². The predicted molar refractivity (Wildman–Crippen MR) is 61.8 cm³/mol. The van der Waals surface area contributed by atoms with Crippen molar-refractivity contribution >= 4 is 5.69 Å². The topological polar surface area (TPSA) is 27.0 Å². The molecule has 1 aromatic rings. The lowest BCUT2D eigenvalue weighted by Gasteiger charge is -2.24. The summed E-state index contributed by atoms with van der Waals surface area (Å²) in [5.74, 6) is 0. The van der Waals surface area contributed by atoms with Crippen molar-refractivity contribution in [3.8, 4) is 6.07 Å². The van der Waals surface area contributed by atoms with Crippen LogP contribution >= 0.6 is 0 Å². The van der Waals surface area contributed by atoms with Gasteiger partial charge in [-0.3, -0.25) is 0 Å². The summed E-state index contributed by atoms with van der Waals surface area (Å²) in [7, 11) is 0. The second-order valence-corrected chi connectivity index (χ2v) is 4.14. The van der Waals surface area contributed by atoms with E-state index in [4.69, 9.17) is 5.26 Å². The van der Waals surface area contributed by atoms with E-state index in [-0.39, 0.29) is 0 Å². The predicted octanol–water partition coefficient (Wildman–Crippen LogP) is 2.74. The van der Waals surface area contributed by atoms with E-state index in [1.54, 1.807) is 0 Å². The third kappa shape index (κ3) is 1.97. The molecule has 0 saturated heterocycles. The highest BCUT2D eigenvalue weighted by Gasteiger charge is 2.24. The van der Waals surface area contributed by atoms with Crippen molar-refractivity contribution in [3.63, 3.8) is 0 Å². The number of rotatable bonds is 3. The number of nitrogens with zero attached hydrogens (tertiary/aromatic N) is 2. The molecule has 78 valence electrons. The summed E-state index contributed by atoms with van der Waals surface area (Å²) in [4.78, 5) is 2.42. The summed E-state index contributed by atoms with van der Waals surface area (Å²) in [6.45, 7) is 3.26. The highest BCUT2D eigenvalue weighted by molar-refractivity contribution is 5.59. The first-order valence-electron chi connectivity index (χ1n) is 5.54. The van der Waals surface area contributed by atoms with Crippen LogP contribution in [0.2, 0.25) is 0 Å². The van der Waals surface area contributed by atoms with Crippen molar-refractivity contribution in [3.05, 3.63) is 29.8 Å². The molecule has 1 heterocycles. The largest absolute Gasteiger partial charge is 0.368 e. The molecule has 0 aromatic heterocycles. The van der Waals surface area contributed by atoms with Gasteiger partial charge in [-0.25, -0.2) is 0 Å². The van der Waals surface area contributed by atoms with Gasteiger partial charge in [0.1, 0.15) is 0 Å². The summed E-state index contributed by atoms with van der Waals surface area (Å²) in [6, 6.07) is 11.4. The van der Waals surface area contributed by atoms with Crippen molar-refractivity contribution in [2.24, 2.45) is 0 Å². The number of fused-ring (bicyclic) bond motifs is 1. The standard InChI is InChI=1S/C13H16N2/c1-11-10-12-6-2-3-7-13(12)15(11)9-5-4-8-14/h2-3,6-7,11H,4-5,9-10H2,1H3. The number of nitriles is 1. The Kier molecular flexibility index (Phi) is 2.91. The average Bonchev–Trinajstić information content (AvgIpc) is 2.56. The zero-order chi connectivity index (χ0) is 10.7. The fourth-order valence-electron chi connectivity index (χ4n) is 2.30. The molecule has 0 spiro atoms. The Bertz CT molecular complexity index is 378. The Morgan fingerprint density at radius 2 is 2.27 bits per heavy atom. The van der Waals surface area contributed by atoms with Gasteiger partial charge in [0.05, 0.1) is 6.07 Å². The van der Waals surface area contributed by atoms with Crippen LogP contribution < -0.4 is 4.90 Å². The van der Waals surface area contributed by atoms with Crippen LogP contribution in [0.3, 0.4) is 0 Å². The minimum absolute atomic E-state index is 0.584. The summed E-state index contributed by atoms with van der Waals surface area (Å²) in [6.07, 6.45) is 2.77.